The van der Waals surface area contributed by atoms with Crippen molar-refractivity contribution >= 4 is 5.97 Å². The molecule has 1 unspecified atom stereocenters. The van der Waals surface area contributed by atoms with Gasteiger partial charge in [-0.05, 0) is 117 Å². The van der Waals surface area contributed by atoms with Gasteiger partial charge in [0.05, 0.1) is 53.8 Å². The molecule has 0 spiro atoms. The summed E-state index contributed by atoms with van der Waals surface area (Å²) in [5.41, 5.74) is -0.518. The molecule has 3 aliphatic heterocycles. The zero-order chi connectivity index (χ0) is 54.4. The van der Waals surface area contributed by atoms with E-state index in [4.69, 9.17) is 28.4 Å². The monoisotopic (exact) mass is 1040 g/mol. The molecule has 0 bridgehead atoms. The van der Waals surface area contributed by atoms with Gasteiger partial charge in [0.25, 0.3) is 0 Å². The highest BCUT2D eigenvalue weighted by molar-refractivity contribution is 5.73. The van der Waals surface area contributed by atoms with E-state index in [2.05, 4.69) is 26.3 Å². The zero-order valence-corrected chi connectivity index (χ0v) is 46.6. The molecular weight excluding hydrogens is 949 g/mol. The van der Waals surface area contributed by atoms with E-state index >= 15 is 0 Å². The standard InChI is InChI=1S/C56H90N6O12/c1-15-46-56(11,68)49(64)38(7)61(13)31-33(2)28-54(9,67)51(36(5)47(37(6)52(66)73-46)45-29-55(10,69-14)50(65)39(8)72-45)74-53-48(63)44(27-35(4)71-53)60(12)25-23-42-32-62(59-58-42)24-16-26-70-43-21-19-40(20-22-43)41-18-17-34(3)57-30-41/h17-22,30,32-33,35-39,44-51,53,63-65,67-68H,15-16,23-29,31H2,1-14H3/t33-,35-,36+,37-,38-,39+,44+,45-,46-,47?,48-,49-,50+,51-,53+,54-,55-,56-/m1/s1. The Morgan fingerprint density at radius 2 is 1.62 bits per heavy atom. The van der Waals surface area contributed by atoms with Crippen molar-refractivity contribution in [2.24, 2.45) is 23.7 Å². The minimum Gasteiger partial charge on any atom is -0.494 e. The molecule has 2 aromatic heterocycles. The van der Waals surface area contributed by atoms with Crippen LogP contribution >= 0.6 is 0 Å². The van der Waals surface area contributed by atoms with E-state index in [0.29, 0.717) is 39.1 Å². The number of esters is 1. The van der Waals surface area contributed by atoms with E-state index in [9.17, 15) is 30.3 Å². The van der Waals surface area contributed by atoms with Gasteiger partial charge in [0, 0.05) is 87.7 Å². The number of aliphatic hydroxyl groups is 5. The first-order chi connectivity index (χ1) is 34.8. The van der Waals surface area contributed by atoms with Crippen molar-refractivity contribution in [2.75, 3.05) is 40.9 Å². The SMILES string of the molecule is CC[C@H]1OC(=O)[C@H](C)C([C@H]2C[C@@](C)(OC)[C@@H](O)[C@H](C)O2)[C@H](C)[C@@H](O[C@@H]2O[C@H](C)C[C@H](N(C)CCc3cn(CCCOc4ccc(-c5ccc(C)nc5)cc4)nn3)[C@H]2O)[C@](C)(O)C[C@@H](C)CN(C)[C@H](C)[C@@H](O)[C@]1(C)O. The molecule has 18 atom stereocenters. The van der Waals surface area contributed by atoms with Crippen LogP contribution in [0.1, 0.15) is 113 Å². The Hall–Kier alpha value is -3.66. The molecule has 0 aliphatic carbocycles. The van der Waals surface area contributed by atoms with Crippen molar-refractivity contribution in [1.82, 2.24) is 29.8 Å². The lowest BCUT2D eigenvalue weighted by Gasteiger charge is -2.51. The number of cyclic esters (lactones) is 1. The van der Waals surface area contributed by atoms with Gasteiger partial charge < -0.3 is 63.8 Å². The van der Waals surface area contributed by atoms with Crippen LogP contribution in [0.2, 0.25) is 0 Å². The average molecular weight is 1040 g/mol. The topological polar surface area (TPSA) is 224 Å². The third-order valence-electron chi connectivity index (χ3n) is 16.7. The van der Waals surface area contributed by atoms with Gasteiger partial charge in [-0.3, -0.25) is 14.5 Å². The van der Waals surface area contributed by atoms with Gasteiger partial charge in [-0.15, -0.1) is 5.10 Å². The molecule has 5 N–H and O–H groups in total. The van der Waals surface area contributed by atoms with Gasteiger partial charge in [0.1, 0.15) is 35.8 Å². The van der Waals surface area contributed by atoms with E-state index in [1.807, 2.05) is 108 Å². The number of benzene rings is 1. The third kappa shape index (κ3) is 14.1. The van der Waals surface area contributed by atoms with Crippen molar-refractivity contribution in [2.45, 2.75) is 205 Å². The van der Waals surface area contributed by atoms with Crippen LogP contribution in [0, 0.1) is 30.6 Å². The number of aryl methyl sites for hydroxylation is 2. The molecule has 0 amide bonds. The number of hydrogen-bond acceptors (Lipinski definition) is 17. The summed E-state index contributed by atoms with van der Waals surface area (Å²) in [5, 5.41) is 69.0. The number of aliphatic hydroxyl groups excluding tert-OH is 3. The Labute approximate surface area is 440 Å². The first-order valence-corrected chi connectivity index (χ1v) is 27.0. The largest absolute Gasteiger partial charge is 0.494 e. The minimum absolute atomic E-state index is 0.167. The second kappa shape index (κ2) is 25.2. The molecule has 0 saturated carbocycles. The molecule has 416 valence electrons. The number of nitrogens with zero attached hydrogens (tertiary/aromatic N) is 6. The number of hydrogen-bond donors (Lipinski definition) is 5. The highest BCUT2D eigenvalue weighted by atomic mass is 16.7. The molecule has 5 heterocycles. The number of carbonyl (C=O) groups is 1. The lowest BCUT2D eigenvalue weighted by molar-refractivity contribution is -0.302. The number of carbonyl (C=O) groups excluding carboxylic acids is 1. The highest BCUT2D eigenvalue weighted by Crippen LogP contribution is 2.45. The van der Waals surface area contributed by atoms with Crippen LogP contribution in [0.25, 0.3) is 11.1 Å². The number of methoxy groups -OCH3 is 1. The van der Waals surface area contributed by atoms with Gasteiger partial charge >= 0.3 is 5.97 Å². The van der Waals surface area contributed by atoms with Crippen LogP contribution in [0.5, 0.6) is 5.75 Å². The maximum Gasteiger partial charge on any atom is 0.309 e. The van der Waals surface area contributed by atoms with Crippen molar-refractivity contribution in [3.63, 3.8) is 0 Å². The summed E-state index contributed by atoms with van der Waals surface area (Å²) in [5.74, 6) is -2.32. The maximum absolute atomic E-state index is 14.6. The summed E-state index contributed by atoms with van der Waals surface area (Å²) in [6.07, 6.45) is -2.14. The third-order valence-corrected chi connectivity index (χ3v) is 16.7. The second-order valence-corrected chi connectivity index (χ2v) is 22.9. The fourth-order valence-corrected chi connectivity index (χ4v) is 12.0. The number of pyridine rings is 1. The first kappa shape index (κ1) is 59.6. The summed E-state index contributed by atoms with van der Waals surface area (Å²) in [6.45, 7) is 22.1. The van der Waals surface area contributed by atoms with Crippen molar-refractivity contribution in [3.05, 3.63) is 60.2 Å². The van der Waals surface area contributed by atoms with Gasteiger partial charge in [0.2, 0.25) is 0 Å². The minimum atomic E-state index is -1.81. The molecule has 18 nitrogen and oxygen atoms in total. The number of rotatable bonds is 15. The van der Waals surface area contributed by atoms with Gasteiger partial charge in [-0.2, -0.15) is 0 Å². The maximum atomic E-state index is 14.6. The van der Waals surface area contributed by atoms with Crippen LogP contribution in [-0.2, 0) is 41.4 Å². The fraction of sp³-hybridized carbons (Fsp3) is 0.750. The molecule has 1 aromatic carbocycles. The van der Waals surface area contributed by atoms with E-state index in [1.165, 1.54) is 14.0 Å². The molecule has 18 heteroatoms. The number of ether oxygens (including phenoxy) is 6. The van der Waals surface area contributed by atoms with E-state index in [1.54, 1.807) is 27.7 Å². The fourth-order valence-electron chi connectivity index (χ4n) is 12.0. The lowest BCUT2D eigenvalue weighted by atomic mass is 9.68. The normalized spacial score (nSPS) is 38.3. The van der Waals surface area contributed by atoms with Gasteiger partial charge in [0.15, 0.2) is 6.29 Å². The Kier molecular flexibility index (Phi) is 20.3. The van der Waals surface area contributed by atoms with Gasteiger partial charge in [-0.25, -0.2) is 0 Å². The van der Waals surface area contributed by atoms with Crippen LogP contribution < -0.4 is 4.74 Å². The van der Waals surface area contributed by atoms with E-state index in [0.717, 1.165) is 34.7 Å². The van der Waals surface area contributed by atoms with Gasteiger partial charge in [-0.1, -0.05) is 51.1 Å². The molecule has 0 radical (unpaired) electrons. The average Bonchev–Trinajstić information content (AvgIpc) is 3.82. The quantitative estimate of drug-likeness (QED) is 0.0973. The molecule has 3 fully saturated rings. The second-order valence-electron chi connectivity index (χ2n) is 22.9. The molecule has 74 heavy (non-hydrogen) atoms. The predicted octanol–water partition coefficient (Wildman–Crippen LogP) is 5.22. The highest BCUT2D eigenvalue weighted by Gasteiger charge is 2.55. The molecule has 6 rings (SSSR count). The molecule has 3 aliphatic rings. The number of aromatic nitrogens is 4. The van der Waals surface area contributed by atoms with Crippen LogP contribution in [0.15, 0.2) is 48.8 Å². The Morgan fingerprint density at radius 1 is 0.932 bits per heavy atom. The first-order valence-electron chi connectivity index (χ1n) is 27.0. The summed E-state index contributed by atoms with van der Waals surface area (Å²) < 4.78 is 40.1. The number of likely N-dealkylation sites (N-methyl/N-ethyl adjacent to an activating group) is 2. The van der Waals surface area contributed by atoms with Crippen molar-refractivity contribution in [1.29, 1.82) is 0 Å². The molecule has 3 saturated heterocycles. The van der Waals surface area contributed by atoms with E-state index in [-0.39, 0.29) is 31.3 Å². The smallest absolute Gasteiger partial charge is 0.309 e. The summed E-state index contributed by atoms with van der Waals surface area (Å²) in [4.78, 5) is 23.1. The van der Waals surface area contributed by atoms with Crippen LogP contribution in [-0.4, -0.2) is 186 Å². The predicted molar refractivity (Wildman–Crippen MR) is 280 cm³/mol. The Balaban J connectivity index is 1.18. The zero-order valence-electron chi connectivity index (χ0n) is 46.6. The Bertz CT molecular complexity index is 2210. The van der Waals surface area contributed by atoms with Crippen molar-refractivity contribution in [3.8, 4) is 16.9 Å². The summed E-state index contributed by atoms with van der Waals surface area (Å²) in [6, 6.07) is 11.1. The van der Waals surface area contributed by atoms with E-state index < -0.39 is 102 Å². The lowest BCUT2D eigenvalue weighted by Crippen LogP contribution is -2.62. The van der Waals surface area contributed by atoms with Crippen LogP contribution in [0.3, 0.4) is 0 Å². The van der Waals surface area contributed by atoms with Crippen molar-refractivity contribution < 1.29 is 58.7 Å². The Morgan fingerprint density at radius 3 is 2.27 bits per heavy atom. The molecule has 3 aromatic rings. The molecular formula is C56H90N6O12. The summed E-state index contributed by atoms with van der Waals surface area (Å²) >= 11 is 0. The van der Waals surface area contributed by atoms with Crippen LogP contribution in [0.4, 0.5) is 0 Å². The summed E-state index contributed by atoms with van der Waals surface area (Å²) in [7, 11) is 5.35.